The highest BCUT2D eigenvalue weighted by Gasteiger charge is 2.23. The smallest absolute Gasteiger partial charge is 0.293 e. The van der Waals surface area contributed by atoms with Gasteiger partial charge in [-0.05, 0) is 18.1 Å². The van der Waals surface area contributed by atoms with E-state index in [9.17, 15) is 14.9 Å². The first-order valence-electron chi connectivity index (χ1n) is 6.73. The van der Waals surface area contributed by atoms with Crippen LogP contribution in [-0.2, 0) is 11.3 Å². The number of likely N-dealkylation sites (tertiary alicyclic amines) is 1. The van der Waals surface area contributed by atoms with E-state index < -0.39 is 4.92 Å². The zero-order valence-corrected chi connectivity index (χ0v) is 11.8. The van der Waals surface area contributed by atoms with Crippen molar-refractivity contribution in [1.82, 2.24) is 10.2 Å². The number of amides is 1. The highest BCUT2D eigenvalue weighted by atomic mass is 16.6. The molecule has 0 aliphatic carbocycles. The van der Waals surface area contributed by atoms with Crippen LogP contribution in [0.1, 0.15) is 18.9 Å². The van der Waals surface area contributed by atoms with Gasteiger partial charge in [-0.1, -0.05) is 6.07 Å². The Morgan fingerprint density at radius 2 is 2.33 bits per heavy atom. The van der Waals surface area contributed by atoms with Crippen LogP contribution in [0.4, 0.5) is 11.4 Å². The Labute approximate surface area is 122 Å². The van der Waals surface area contributed by atoms with Crippen LogP contribution in [-0.4, -0.2) is 34.9 Å². The van der Waals surface area contributed by atoms with Gasteiger partial charge in [-0.2, -0.15) is 0 Å². The van der Waals surface area contributed by atoms with Crippen molar-refractivity contribution in [3.63, 3.8) is 0 Å². The highest BCUT2D eigenvalue weighted by Crippen LogP contribution is 2.25. The fraction of sp³-hybridized carbons (Fsp3) is 0.462. The molecule has 1 aliphatic heterocycles. The molecule has 1 aromatic rings. The SMILES string of the molecule is CC(=O)NC1CCN(Cc2ccc([N+](=O)[O-])c(NN)c2)C1. The monoisotopic (exact) mass is 293 g/mol. The first-order chi connectivity index (χ1) is 9.99. The number of nitro benzene ring substituents is 1. The van der Waals surface area contributed by atoms with E-state index >= 15 is 0 Å². The molecule has 0 radical (unpaired) electrons. The summed E-state index contributed by atoms with van der Waals surface area (Å²) in [5.74, 6) is 5.31. The molecule has 0 aromatic heterocycles. The molecular weight excluding hydrogens is 274 g/mol. The molecule has 1 unspecified atom stereocenters. The molecule has 2 rings (SSSR count). The Hall–Kier alpha value is -2.19. The van der Waals surface area contributed by atoms with Gasteiger partial charge in [0.15, 0.2) is 0 Å². The Morgan fingerprint density at radius 3 is 2.95 bits per heavy atom. The summed E-state index contributed by atoms with van der Waals surface area (Å²) < 4.78 is 0. The average molecular weight is 293 g/mol. The highest BCUT2D eigenvalue weighted by molar-refractivity contribution is 5.73. The Balaban J connectivity index is 2.01. The minimum absolute atomic E-state index is 0.0215. The average Bonchev–Trinajstić information content (AvgIpc) is 2.84. The predicted octanol–water partition coefficient (Wildman–Crippen LogP) is 0.591. The third-order valence-corrected chi connectivity index (χ3v) is 3.50. The molecule has 8 nitrogen and oxygen atoms in total. The lowest BCUT2D eigenvalue weighted by Gasteiger charge is -2.17. The molecule has 1 saturated heterocycles. The normalized spacial score (nSPS) is 18.5. The number of nitrogens with zero attached hydrogens (tertiary/aromatic N) is 2. The van der Waals surface area contributed by atoms with E-state index in [0.717, 1.165) is 25.1 Å². The van der Waals surface area contributed by atoms with Crippen molar-refractivity contribution in [2.24, 2.45) is 5.84 Å². The van der Waals surface area contributed by atoms with Crippen molar-refractivity contribution >= 4 is 17.3 Å². The lowest BCUT2D eigenvalue weighted by atomic mass is 10.1. The van der Waals surface area contributed by atoms with Gasteiger partial charge in [0.1, 0.15) is 5.69 Å². The summed E-state index contributed by atoms with van der Waals surface area (Å²) in [4.78, 5) is 23.6. The van der Waals surface area contributed by atoms with Crippen molar-refractivity contribution in [2.75, 3.05) is 18.5 Å². The van der Waals surface area contributed by atoms with E-state index in [-0.39, 0.29) is 17.6 Å². The van der Waals surface area contributed by atoms with Crippen LogP contribution in [0.5, 0.6) is 0 Å². The summed E-state index contributed by atoms with van der Waals surface area (Å²) in [5.41, 5.74) is 3.56. The topological polar surface area (TPSA) is 114 Å². The third kappa shape index (κ3) is 3.89. The number of hydrogen-bond acceptors (Lipinski definition) is 6. The number of anilines is 1. The summed E-state index contributed by atoms with van der Waals surface area (Å²) in [5, 5.41) is 13.7. The molecule has 4 N–H and O–H groups in total. The van der Waals surface area contributed by atoms with Crippen molar-refractivity contribution in [2.45, 2.75) is 25.9 Å². The molecule has 1 amide bonds. The maximum atomic E-state index is 11.0. The largest absolute Gasteiger partial charge is 0.352 e. The van der Waals surface area contributed by atoms with Gasteiger partial charge in [0.2, 0.25) is 5.91 Å². The fourth-order valence-corrected chi connectivity index (χ4v) is 2.60. The lowest BCUT2D eigenvalue weighted by Crippen LogP contribution is -2.35. The minimum atomic E-state index is -0.471. The number of nitro groups is 1. The number of rotatable bonds is 5. The maximum absolute atomic E-state index is 11.0. The van der Waals surface area contributed by atoms with E-state index in [1.807, 2.05) is 0 Å². The van der Waals surface area contributed by atoms with E-state index in [4.69, 9.17) is 5.84 Å². The summed E-state index contributed by atoms with van der Waals surface area (Å²) in [7, 11) is 0. The summed E-state index contributed by atoms with van der Waals surface area (Å²) in [6.45, 7) is 3.84. The Morgan fingerprint density at radius 1 is 1.57 bits per heavy atom. The van der Waals surface area contributed by atoms with E-state index in [1.54, 1.807) is 12.1 Å². The van der Waals surface area contributed by atoms with Crippen LogP contribution in [0.25, 0.3) is 0 Å². The molecule has 8 heteroatoms. The predicted molar refractivity (Wildman–Crippen MR) is 78.4 cm³/mol. The van der Waals surface area contributed by atoms with Gasteiger partial charge in [0.05, 0.1) is 4.92 Å². The van der Waals surface area contributed by atoms with E-state index in [1.165, 1.54) is 13.0 Å². The Kier molecular flexibility index (Phi) is 4.71. The van der Waals surface area contributed by atoms with Crippen LogP contribution in [0.15, 0.2) is 18.2 Å². The number of hydrogen-bond donors (Lipinski definition) is 3. The third-order valence-electron chi connectivity index (χ3n) is 3.50. The second-order valence-electron chi connectivity index (χ2n) is 5.17. The number of nitrogens with two attached hydrogens (primary N) is 1. The molecule has 0 spiro atoms. The molecule has 1 heterocycles. The van der Waals surface area contributed by atoms with Gasteiger partial charge in [-0.15, -0.1) is 0 Å². The van der Waals surface area contributed by atoms with E-state index in [0.29, 0.717) is 12.2 Å². The van der Waals surface area contributed by atoms with Gasteiger partial charge in [0, 0.05) is 38.7 Å². The second-order valence-corrected chi connectivity index (χ2v) is 5.17. The lowest BCUT2D eigenvalue weighted by molar-refractivity contribution is -0.384. The quantitative estimate of drug-likeness (QED) is 0.416. The van der Waals surface area contributed by atoms with Crippen molar-refractivity contribution in [3.8, 4) is 0 Å². The molecule has 21 heavy (non-hydrogen) atoms. The maximum Gasteiger partial charge on any atom is 0.293 e. The Bertz CT molecular complexity index is 549. The molecule has 1 fully saturated rings. The first-order valence-corrected chi connectivity index (χ1v) is 6.73. The van der Waals surface area contributed by atoms with Crippen LogP contribution >= 0.6 is 0 Å². The van der Waals surface area contributed by atoms with Gasteiger partial charge in [0.25, 0.3) is 5.69 Å². The van der Waals surface area contributed by atoms with Gasteiger partial charge in [-0.25, -0.2) is 0 Å². The van der Waals surface area contributed by atoms with Gasteiger partial charge < -0.3 is 10.7 Å². The van der Waals surface area contributed by atoms with Gasteiger partial charge >= 0.3 is 0 Å². The molecule has 1 aromatic carbocycles. The molecule has 0 bridgehead atoms. The molecule has 1 aliphatic rings. The standard InChI is InChI=1S/C13H19N5O3/c1-9(19)15-11-4-5-17(8-11)7-10-2-3-13(18(20)21)12(6-10)16-14/h2-3,6,11,16H,4-5,7-8,14H2,1H3,(H,15,19). The van der Waals surface area contributed by atoms with Crippen LogP contribution < -0.4 is 16.6 Å². The first kappa shape index (κ1) is 15.2. The summed E-state index contributed by atoms with van der Waals surface area (Å²) in [6, 6.07) is 5.04. The van der Waals surface area contributed by atoms with Crippen LogP contribution in [0, 0.1) is 10.1 Å². The van der Waals surface area contributed by atoms with Crippen LogP contribution in [0.3, 0.4) is 0 Å². The summed E-state index contributed by atoms with van der Waals surface area (Å²) >= 11 is 0. The molecule has 114 valence electrons. The fourth-order valence-electron chi connectivity index (χ4n) is 2.60. The zero-order chi connectivity index (χ0) is 15.4. The number of hydrazine groups is 1. The molecule has 1 atom stereocenters. The molecule has 0 saturated carbocycles. The number of carbonyl (C=O) groups is 1. The van der Waals surface area contributed by atoms with Crippen molar-refractivity contribution in [1.29, 1.82) is 0 Å². The van der Waals surface area contributed by atoms with Crippen LogP contribution in [0.2, 0.25) is 0 Å². The van der Waals surface area contributed by atoms with Gasteiger partial charge in [-0.3, -0.25) is 25.7 Å². The zero-order valence-electron chi connectivity index (χ0n) is 11.8. The number of carbonyl (C=O) groups excluding carboxylic acids is 1. The minimum Gasteiger partial charge on any atom is -0.352 e. The van der Waals surface area contributed by atoms with E-state index in [2.05, 4.69) is 15.6 Å². The van der Waals surface area contributed by atoms with Crippen molar-refractivity contribution < 1.29 is 9.72 Å². The van der Waals surface area contributed by atoms with Crippen molar-refractivity contribution in [3.05, 3.63) is 33.9 Å². The number of nitrogens with one attached hydrogen (secondary N) is 2. The molecular formula is C13H19N5O3. The second kappa shape index (κ2) is 6.51. The number of nitrogen functional groups attached to an aromatic ring is 1. The number of benzene rings is 1. The summed E-state index contributed by atoms with van der Waals surface area (Å²) in [6.07, 6.45) is 0.911.